The summed E-state index contributed by atoms with van der Waals surface area (Å²) < 4.78 is 7.59. The van der Waals surface area contributed by atoms with E-state index >= 15 is 0 Å². The van der Waals surface area contributed by atoms with E-state index in [4.69, 9.17) is 16.3 Å². The number of nitrogens with zero attached hydrogens (tertiary/aromatic N) is 2. The summed E-state index contributed by atoms with van der Waals surface area (Å²) in [6, 6.07) is 6.67. The zero-order valence-corrected chi connectivity index (χ0v) is 12.2. The van der Waals surface area contributed by atoms with Crippen molar-refractivity contribution in [2.24, 2.45) is 5.92 Å². The fraction of sp³-hybridized carbons (Fsp3) is 0.533. The van der Waals surface area contributed by atoms with Crippen LogP contribution in [0.4, 0.5) is 0 Å². The van der Waals surface area contributed by atoms with Gasteiger partial charge in [0.2, 0.25) is 0 Å². The van der Waals surface area contributed by atoms with Gasteiger partial charge in [-0.1, -0.05) is 13.3 Å². The fourth-order valence-corrected chi connectivity index (χ4v) is 3.14. The number of halogens is 1. The lowest BCUT2D eigenvalue weighted by Crippen LogP contribution is -2.01. The molecule has 0 radical (unpaired) electrons. The Balaban J connectivity index is 2.02. The Morgan fingerprint density at radius 3 is 3.00 bits per heavy atom. The first-order valence-electron chi connectivity index (χ1n) is 6.89. The minimum atomic E-state index is 0.465. The van der Waals surface area contributed by atoms with Crippen LogP contribution in [-0.2, 0) is 5.88 Å². The maximum atomic E-state index is 6.06. The quantitative estimate of drug-likeness (QED) is 0.769. The molecule has 0 bridgehead atoms. The minimum absolute atomic E-state index is 0.465. The summed E-state index contributed by atoms with van der Waals surface area (Å²) in [7, 11) is 1.68. The molecule has 0 amide bonds. The van der Waals surface area contributed by atoms with Gasteiger partial charge in [0.1, 0.15) is 11.6 Å². The second kappa shape index (κ2) is 5.04. The summed E-state index contributed by atoms with van der Waals surface area (Å²) in [5, 5.41) is 0. The van der Waals surface area contributed by atoms with Crippen molar-refractivity contribution in [3.63, 3.8) is 0 Å². The minimum Gasteiger partial charge on any atom is -0.497 e. The zero-order valence-electron chi connectivity index (χ0n) is 11.4. The third-order valence-corrected chi connectivity index (χ3v) is 4.20. The maximum Gasteiger partial charge on any atom is 0.125 e. The highest BCUT2D eigenvalue weighted by molar-refractivity contribution is 6.16. The van der Waals surface area contributed by atoms with Crippen molar-refractivity contribution >= 4 is 22.6 Å². The molecule has 3 nitrogen and oxygen atoms in total. The molecule has 1 aliphatic rings. The Morgan fingerprint density at radius 2 is 2.32 bits per heavy atom. The van der Waals surface area contributed by atoms with E-state index in [1.807, 2.05) is 12.1 Å². The topological polar surface area (TPSA) is 27.1 Å². The van der Waals surface area contributed by atoms with Crippen molar-refractivity contribution in [2.45, 2.75) is 38.1 Å². The van der Waals surface area contributed by atoms with Crippen molar-refractivity contribution in [1.29, 1.82) is 0 Å². The molecule has 0 N–H and O–H groups in total. The van der Waals surface area contributed by atoms with Gasteiger partial charge in [0.15, 0.2) is 0 Å². The van der Waals surface area contributed by atoms with Gasteiger partial charge in [-0.2, -0.15) is 0 Å². The van der Waals surface area contributed by atoms with E-state index in [-0.39, 0.29) is 0 Å². The van der Waals surface area contributed by atoms with Gasteiger partial charge in [-0.25, -0.2) is 4.98 Å². The molecule has 2 aromatic rings. The van der Waals surface area contributed by atoms with E-state index in [0.717, 1.165) is 23.0 Å². The first kappa shape index (κ1) is 12.8. The molecule has 2 unspecified atom stereocenters. The van der Waals surface area contributed by atoms with Crippen molar-refractivity contribution in [1.82, 2.24) is 9.55 Å². The van der Waals surface area contributed by atoms with Crippen molar-refractivity contribution < 1.29 is 4.74 Å². The average Bonchev–Trinajstić information content (AvgIpc) is 3.09. The Bertz CT molecular complexity index is 593. The van der Waals surface area contributed by atoms with Crippen LogP contribution in [0.1, 0.15) is 38.1 Å². The third-order valence-electron chi connectivity index (χ3n) is 3.97. The van der Waals surface area contributed by atoms with Gasteiger partial charge in [0, 0.05) is 12.1 Å². The van der Waals surface area contributed by atoms with E-state index in [1.165, 1.54) is 24.8 Å². The summed E-state index contributed by atoms with van der Waals surface area (Å²) in [6.07, 6.45) is 3.80. The Morgan fingerprint density at radius 1 is 1.47 bits per heavy atom. The number of imidazole rings is 1. The predicted octanol–water partition coefficient (Wildman–Crippen LogP) is 4.14. The highest BCUT2D eigenvalue weighted by atomic mass is 35.5. The summed E-state index contributed by atoms with van der Waals surface area (Å²) in [4.78, 5) is 4.65. The van der Waals surface area contributed by atoms with Crippen LogP contribution < -0.4 is 4.74 Å². The molecule has 0 saturated heterocycles. The van der Waals surface area contributed by atoms with Gasteiger partial charge in [-0.15, -0.1) is 11.6 Å². The number of rotatable bonds is 5. The number of fused-ring (bicyclic) bond motifs is 1. The van der Waals surface area contributed by atoms with Gasteiger partial charge in [0.25, 0.3) is 0 Å². The van der Waals surface area contributed by atoms with Crippen LogP contribution in [0, 0.1) is 5.92 Å². The molecular weight excluding hydrogens is 260 g/mol. The molecule has 1 aliphatic carbocycles. The Labute approximate surface area is 118 Å². The lowest BCUT2D eigenvalue weighted by molar-refractivity contribution is 0.415. The van der Waals surface area contributed by atoms with E-state index in [1.54, 1.807) is 7.11 Å². The van der Waals surface area contributed by atoms with E-state index in [0.29, 0.717) is 11.9 Å². The van der Waals surface area contributed by atoms with Crippen LogP contribution in [0.2, 0.25) is 0 Å². The number of alkyl halides is 1. The summed E-state index contributed by atoms with van der Waals surface area (Å²) in [5.41, 5.74) is 2.16. The largest absolute Gasteiger partial charge is 0.497 e. The standard InChI is InChI=1S/C15H19ClN2O/c1-3-4-10-7-14(10)18-13-6-5-11(19-2)8-12(13)17-15(18)9-16/h5-6,8,10,14H,3-4,7,9H2,1-2H3. The van der Waals surface area contributed by atoms with Gasteiger partial charge in [-0.05, 0) is 30.9 Å². The molecule has 4 heteroatoms. The molecule has 1 saturated carbocycles. The number of aromatic nitrogens is 2. The number of hydrogen-bond donors (Lipinski definition) is 0. The first-order chi connectivity index (χ1) is 9.28. The maximum absolute atomic E-state index is 6.06. The monoisotopic (exact) mass is 278 g/mol. The highest BCUT2D eigenvalue weighted by Crippen LogP contribution is 2.48. The molecule has 1 heterocycles. The fourth-order valence-electron chi connectivity index (χ4n) is 2.95. The number of hydrogen-bond acceptors (Lipinski definition) is 2. The van der Waals surface area contributed by atoms with E-state index in [2.05, 4.69) is 22.5 Å². The Hall–Kier alpha value is -1.22. The van der Waals surface area contributed by atoms with Crippen LogP contribution >= 0.6 is 11.6 Å². The van der Waals surface area contributed by atoms with Crippen LogP contribution in [-0.4, -0.2) is 16.7 Å². The summed E-state index contributed by atoms with van der Waals surface area (Å²) >= 11 is 6.06. The highest BCUT2D eigenvalue weighted by Gasteiger charge is 2.39. The van der Waals surface area contributed by atoms with Crippen molar-refractivity contribution in [3.8, 4) is 5.75 Å². The molecule has 3 rings (SSSR count). The zero-order chi connectivity index (χ0) is 13.4. The first-order valence-corrected chi connectivity index (χ1v) is 7.42. The third kappa shape index (κ3) is 2.20. The summed E-state index contributed by atoms with van der Waals surface area (Å²) in [5.74, 6) is 3.09. The molecule has 1 fully saturated rings. The predicted molar refractivity (Wildman–Crippen MR) is 77.9 cm³/mol. The van der Waals surface area contributed by atoms with Gasteiger partial charge < -0.3 is 9.30 Å². The lowest BCUT2D eigenvalue weighted by Gasteiger charge is -2.07. The van der Waals surface area contributed by atoms with Gasteiger partial charge in [0.05, 0.1) is 24.0 Å². The van der Waals surface area contributed by atoms with Gasteiger partial charge in [-0.3, -0.25) is 0 Å². The molecular formula is C15H19ClN2O. The van der Waals surface area contributed by atoms with E-state index in [9.17, 15) is 0 Å². The van der Waals surface area contributed by atoms with Crippen LogP contribution in [0.15, 0.2) is 18.2 Å². The SMILES string of the molecule is CCCC1CC1n1c(CCl)nc2cc(OC)ccc21. The second-order valence-electron chi connectivity index (χ2n) is 5.24. The Kier molecular flexibility index (Phi) is 3.40. The second-order valence-corrected chi connectivity index (χ2v) is 5.51. The van der Waals surface area contributed by atoms with Crippen molar-refractivity contribution in [2.75, 3.05) is 7.11 Å². The van der Waals surface area contributed by atoms with Crippen LogP contribution in [0.25, 0.3) is 11.0 Å². The van der Waals surface area contributed by atoms with Gasteiger partial charge >= 0.3 is 0 Å². The smallest absolute Gasteiger partial charge is 0.125 e. The number of benzene rings is 1. The number of ether oxygens (including phenoxy) is 1. The normalized spacial score (nSPS) is 21.8. The lowest BCUT2D eigenvalue weighted by atomic mass is 10.2. The average molecular weight is 279 g/mol. The van der Waals surface area contributed by atoms with Crippen molar-refractivity contribution in [3.05, 3.63) is 24.0 Å². The number of methoxy groups -OCH3 is 1. The van der Waals surface area contributed by atoms with Crippen LogP contribution in [0.3, 0.4) is 0 Å². The molecule has 1 aromatic carbocycles. The van der Waals surface area contributed by atoms with E-state index < -0.39 is 0 Å². The molecule has 2 atom stereocenters. The summed E-state index contributed by atoms with van der Waals surface area (Å²) in [6.45, 7) is 2.24. The molecule has 102 valence electrons. The molecule has 1 aromatic heterocycles. The van der Waals surface area contributed by atoms with Crippen LogP contribution in [0.5, 0.6) is 5.75 Å². The molecule has 19 heavy (non-hydrogen) atoms. The molecule has 0 aliphatic heterocycles. The molecule has 0 spiro atoms.